The molecule has 4 fully saturated rings. The molecule has 1 saturated heterocycles. The maximum absolute atomic E-state index is 14.3. The number of hydrogen-bond donors (Lipinski definition) is 3. The van der Waals surface area contributed by atoms with Gasteiger partial charge in [-0.3, -0.25) is 9.59 Å². The zero-order valence-corrected chi connectivity index (χ0v) is 23.2. The molecule has 218 valence electrons. The highest BCUT2D eigenvalue weighted by molar-refractivity contribution is 6.40. The number of aliphatic hydroxyl groups is 3. The van der Waals surface area contributed by atoms with Gasteiger partial charge >= 0.3 is 12.1 Å². The van der Waals surface area contributed by atoms with Gasteiger partial charge in [0, 0.05) is 24.2 Å². The molecule has 1 heterocycles. The Balaban J connectivity index is 1.79. The maximum Gasteiger partial charge on any atom is 0.508 e. The van der Waals surface area contributed by atoms with E-state index in [1.807, 2.05) is 0 Å². The molecule has 40 heavy (non-hydrogen) atoms. The average Bonchev–Trinajstić information content (AvgIpc) is 2.91. The Morgan fingerprint density at radius 3 is 2.30 bits per heavy atom. The topological polar surface area (TPSA) is 166 Å². The van der Waals surface area contributed by atoms with E-state index in [0.29, 0.717) is 0 Å². The molecule has 4 aliphatic rings. The minimum Gasteiger partial charge on any atom is -0.455 e. The Hall–Kier alpha value is -2.86. The number of rotatable bonds is 3. The number of hydrogen-bond acceptors (Lipinski definition) is 11. The fraction of sp³-hybridized carbons (Fsp3) is 0.655. The molecule has 3 saturated carbocycles. The van der Waals surface area contributed by atoms with Crippen LogP contribution in [0.5, 0.6) is 0 Å². The molecule has 1 aliphatic heterocycles. The van der Waals surface area contributed by atoms with Crippen LogP contribution in [0.25, 0.3) is 0 Å². The smallest absolute Gasteiger partial charge is 0.455 e. The normalized spacial score (nSPS) is 43.6. The van der Waals surface area contributed by atoms with E-state index in [9.17, 15) is 34.5 Å². The van der Waals surface area contributed by atoms with Gasteiger partial charge in [0.15, 0.2) is 5.60 Å². The van der Waals surface area contributed by atoms with Crippen LogP contribution < -0.4 is 0 Å². The Kier molecular flexibility index (Phi) is 6.69. The van der Waals surface area contributed by atoms with E-state index in [0.717, 1.165) is 7.11 Å². The Labute approximate surface area is 231 Å². The van der Waals surface area contributed by atoms with E-state index in [1.165, 1.54) is 19.1 Å². The van der Waals surface area contributed by atoms with Gasteiger partial charge in [0.25, 0.3) is 0 Å². The summed E-state index contributed by atoms with van der Waals surface area (Å²) in [6, 6.07) is 8.00. The predicted octanol–water partition coefficient (Wildman–Crippen LogP) is 1.45. The van der Waals surface area contributed by atoms with Crippen molar-refractivity contribution >= 4 is 23.7 Å². The number of carbonyl (C=O) groups excluding carboxylic acids is 4. The van der Waals surface area contributed by atoms with Gasteiger partial charge < -0.3 is 34.3 Å². The molecule has 5 rings (SSSR count). The minimum atomic E-state index is -2.11. The lowest BCUT2D eigenvalue weighted by Crippen LogP contribution is -2.82. The number of fused-ring (bicyclic) bond motifs is 5. The third-order valence-corrected chi connectivity index (χ3v) is 10.4. The van der Waals surface area contributed by atoms with E-state index in [1.54, 1.807) is 39.0 Å². The zero-order valence-electron chi connectivity index (χ0n) is 23.2. The monoisotopic (exact) mass is 560 g/mol. The van der Waals surface area contributed by atoms with Crippen molar-refractivity contribution in [3.05, 3.63) is 35.9 Å². The standard InChI is InChI=1S/C29H36O11/c1-14-16(30)12-29(36)23(39-24(34)15-9-7-6-8-10-15)21-27(4,22(33)20(32)19(14)26(29,2)3)17(31)11-18-28(21,13-38-18)40-25(35)37-5/h6-10,14,16-19,21,23,30-31,36H,11-13H2,1-5H3/t14?,16?,17?,18?,19?,21?,23?,27-,28+,29?/m1/s1. The van der Waals surface area contributed by atoms with Gasteiger partial charge in [0.1, 0.15) is 17.8 Å². The van der Waals surface area contributed by atoms with Crippen molar-refractivity contribution in [1.29, 1.82) is 0 Å². The number of aliphatic hydroxyl groups excluding tert-OH is 2. The van der Waals surface area contributed by atoms with Crippen molar-refractivity contribution in [3.63, 3.8) is 0 Å². The van der Waals surface area contributed by atoms with Crippen LogP contribution >= 0.6 is 0 Å². The molecule has 10 atom stereocenters. The van der Waals surface area contributed by atoms with Crippen molar-refractivity contribution < 1.29 is 53.4 Å². The molecule has 11 nitrogen and oxygen atoms in total. The van der Waals surface area contributed by atoms with Crippen molar-refractivity contribution in [1.82, 2.24) is 0 Å². The summed E-state index contributed by atoms with van der Waals surface area (Å²) < 4.78 is 22.4. The Bertz CT molecular complexity index is 1230. The highest BCUT2D eigenvalue weighted by Crippen LogP contribution is 2.64. The van der Waals surface area contributed by atoms with Crippen LogP contribution in [0.15, 0.2) is 30.3 Å². The molecule has 3 N–H and O–H groups in total. The summed E-state index contributed by atoms with van der Waals surface area (Å²) in [4.78, 5) is 54.4. The lowest BCUT2D eigenvalue weighted by Gasteiger charge is -2.67. The van der Waals surface area contributed by atoms with Gasteiger partial charge in [0.05, 0.1) is 42.8 Å². The molecular weight excluding hydrogens is 524 g/mol. The van der Waals surface area contributed by atoms with Crippen LogP contribution in [0.1, 0.15) is 50.9 Å². The van der Waals surface area contributed by atoms with E-state index in [-0.39, 0.29) is 25.0 Å². The van der Waals surface area contributed by atoms with Crippen LogP contribution in [-0.2, 0) is 28.5 Å². The third-order valence-electron chi connectivity index (χ3n) is 10.4. The minimum absolute atomic E-state index is 0.150. The fourth-order valence-corrected chi connectivity index (χ4v) is 7.88. The lowest BCUT2D eigenvalue weighted by atomic mass is 9.42. The number of Topliss-reactive ketones (excluding diaryl/α,β-unsaturated/α-hetero) is 2. The van der Waals surface area contributed by atoms with Gasteiger partial charge in [0.2, 0.25) is 11.6 Å². The highest BCUT2D eigenvalue weighted by Gasteiger charge is 2.79. The summed E-state index contributed by atoms with van der Waals surface area (Å²) in [6.07, 6.45) is -6.87. The molecule has 2 bridgehead atoms. The van der Waals surface area contributed by atoms with Crippen LogP contribution in [0, 0.1) is 28.6 Å². The number of ether oxygens (including phenoxy) is 4. The summed E-state index contributed by atoms with van der Waals surface area (Å²) in [5, 5.41) is 35.2. The van der Waals surface area contributed by atoms with Gasteiger partial charge in [-0.05, 0) is 25.0 Å². The van der Waals surface area contributed by atoms with Crippen LogP contribution in [-0.4, -0.2) is 88.3 Å². The average molecular weight is 561 g/mol. The van der Waals surface area contributed by atoms with Crippen molar-refractivity contribution in [2.75, 3.05) is 13.7 Å². The third kappa shape index (κ3) is 3.64. The van der Waals surface area contributed by atoms with E-state index >= 15 is 0 Å². The van der Waals surface area contributed by atoms with E-state index in [4.69, 9.17) is 18.9 Å². The maximum atomic E-state index is 14.3. The number of carbonyl (C=O) groups is 4. The molecule has 0 amide bonds. The molecule has 0 aromatic heterocycles. The van der Waals surface area contributed by atoms with Gasteiger partial charge in [-0.15, -0.1) is 0 Å². The van der Waals surface area contributed by atoms with E-state index < -0.39 is 87.9 Å². The van der Waals surface area contributed by atoms with Crippen LogP contribution in [0.4, 0.5) is 4.79 Å². The van der Waals surface area contributed by atoms with Gasteiger partial charge in [-0.1, -0.05) is 39.0 Å². The Morgan fingerprint density at radius 1 is 1.07 bits per heavy atom. The first kappa shape index (κ1) is 28.7. The van der Waals surface area contributed by atoms with Crippen molar-refractivity contribution in [2.24, 2.45) is 28.6 Å². The molecule has 0 radical (unpaired) electrons. The lowest BCUT2D eigenvalue weighted by molar-refractivity contribution is -0.348. The van der Waals surface area contributed by atoms with E-state index in [2.05, 4.69) is 0 Å². The number of benzene rings is 1. The summed E-state index contributed by atoms with van der Waals surface area (Å²) in [5.74, 6) is -5.99. The van der Waals surface area contributed by atoms with Crippen molar-refractivity contribution in [2.45, 2.75) is 76.2 Å². The Morgan fingerprint density at radius 2 is 1.73 bits per heavy atom. The van der Waals surface area contributed by atoms with Gasteiger partial charge in [-0.25, -0.2) is 9.59 Å². The van der Waals surface area contributed by atoms with Gasteiger partial charge in [-0.2, -0.15) is 0 Å². The second kappa shape index (κ2) is 9.34. The summed E-state index contributed by atoms with van der Waals surface area (Å²) in [6.45, 7) is 5.93. The molecule has 0 spiro atoms. The highest BCUT2D eigenvalue weighted by atomic mass is 16.8. The second-order valence-corrected chi connectivity index (χ2v) is 12.5. The van der Waals surface area contributed by atoms with Crippen molar-refractivity contribution in [3.8, 4) is 0 Å². The number of esters is 1. The molecule has 1 aromatic carbocycles. The number of methoxy groups -OCH3 is 1. The van der Waals surface area contributed by atoms with Crippen LogP contribution in [0.2, 0.25) is 0 Å². The SMILES string of the molecule is COC(=O)O[C@@]12COC1CC(O)[C@@]1(C)C(=O)C(=O)C3C(C)C(O)CC(O)(C(OC(=O)c4ccccc4)C21)C3(C)C. The quantitative estimate of drug-likeness (QED) is 0.362. The fourth-order valence-electron chi connectivity index (χ4n) is 7.88. The second-order valence-electron chi connectivity index (χ2n) is 12.5. The predicted molar refractivity (Wildman–Crippen MR) is 136 cm³/mol. The largest absolute Gasteiger partial charge is 0.508 e. The molecule has 1 aromatic rings. The first-order valence-electron chi connectivity index (χ1n) is 13.5. The summed E-state index contributed by atoms with van der Waals surface area (Å²) >= 11 is 0. The number of ketones is 2. The molecular formula is C29H36O11. The summed E-state index contributed by atoms with van der Waals surface area (Å²) in [5.41, 5.74) is -7.03. The molecule has 3 aliphatic carbocycles. The molecule has 8 unspecified atom stereocenters. The first-order chi connectivity index (χ1) is 18.7. The zero-order chi connectivity index (χ0) is 29.4. The molecule has 11 heteroatoms. The van der Waals surface area contributed by atoms with Crippen LogP contribution in [0.3, 0.4) is 0 Å². The first-order valence-corrected chi connectivity index (χ1v) is 13.5. The summed E-state index contributed by atoms with van der Waals surface area (Å²) in [7, 11) is 1.10.